The summed E-state index contributed by atoms with van der Waals surface area (Å²) in [4.78, 5) is 13.5. The summed E-state index contributed by atoms with van der Waals surface area (Å²) in [5.41, 5.74) is 6.04. The smallest absolute Gasteiger partial charge is 0.267 e. The van der Waals surface area contributed by atoms with Gasteiger partial charge in [0.2, 0.25) is 0 Å². The van der Waals surface area contributed by atoms with Gasteiger partial charge in [-0.2, -0.15) is 0 Å². The van der Waals surface area contributed by atoms with Gasteiger partial charge in [-0.3, -0.25) is 14.9 Å². The summed E-state index contributed by atoms with van der Waals surface area (Å²) in [6.45, 7) is 2.32. The van der Waals surface area contributed by atoms with E-state index < -0.39 is 5.91 Å². The Morgan fingerprint density at radius 2 is 1.97 bits per heavy atom. The quantitative estimate of drug-likeness (QED) is 0.297. The summed E-state index contributed by atoms with van der Waals surface area (Å²) in [5, 5.41) is 19.3. The third-order valence-corrected chi connectivity index (χ3v) is 5.00. The number of benzene rings is 2. The first-order valence-electron chi connectivity index (χ1n) is 9.68. The molecule has 0 fully saturated rings. The van der Waals surface area contributed by atoms with Crippen molar-refractivity contribution in [3.63, 3.8) is 0 Å². The molecule has 6 heteroatoms. The Kier molecular flexibility index (Phi) is 7.19. The zero-order chi connectivity index (χ0) is 20.6. The van der Waals surface area contributed by atoms with Crippen LogP contribution in [0.3, 0.4) is 0 Å². The van der Waals surface area contributed by atoms with E-state index in [1.807, 2.05) is 43.4 Å². The molecule has 0 unspecified atom stereocenters. The third kappa shape index (κ3) is 5.54. The molecule has 152 valence electrons. The van der Waals surface area contributed by atoms with Crippen LogP contribution in [0.15, 0.2) is 60.8 Å². The van der Waals surface area contributed by atoms with E-state index in [0.29, 0.717) is 6.54 Å². The molecule has 0 radical (unpaired) electrons. The summed E-state index contributed by atoms with van der Waals surface area (Å²) in [7, 11) is 2.01. The van der Waals surface area contributed by atoms with Gasteiger partial charge in [-0.05, 0) is 41.3 Å². The van der Waals surface area contributed by atoms with Crippen LogP contribution in [0.2, 0.25) is 0 Å². The first-order chi connectivity index (χ1) is 14.1. The van der Waals surface area contributed by atoms with Gasteiger partial charge in [0.1, 0.15) is 0 Å². The van der Waals surface area contributed by atoms with E-state index in [1.54, 1.807) is 11.6 Å². The second-order valence-electron chi connectivity index (χ2n) is 7.09. The number of carbonyl (C=O) groups excluding carboxylic acids is 1. The van der Waals surface area contributed by atoms with E-state index in [1.165, 1.54) is 17.2 Å². The lowest BCUT2D eigenvalue weighted by molar-refractivity contribution is -0.124. The normalized spacial score (nSPS) is 11.6. The van der Waals surface area contributed by atoms with Crippen molar-refractivity contribution < 1.29 is 15.1 Å². The number of nitrogens with one attached hydrogen (secondary N) is 1. The van der Waals surface area contributed by atoms with Crippen molar-refractivity contribution in [1.29, 1.82) is 0 Å². The lowest BCUT2D eigenvalue weighted by Gasteiger charge is -2.21. The molecule has 0 atom stereocenters. The average molecular weight is 393 g/mol. The zero-order valence-corrected chi connectivity index (χ0v) is 16.6. The minimum Gasteiger partial charge on any atom is -0.395 e. The predicted octanol–water partition coefficient (Wildman–Crippen LogP) is 2.73. The molecular weight excluding hydrogens is 366 g/mol. The molecule has 29 heavy (non-hydrogen) atoms. The van der Waals surface area contributed by atoms with Crippen molar-refractivity contribution in [2.45, 2.75) is 13.0 Å². The van der Waals surface area contributed by atoms with E-state index in [-0.39, 0.29) is 6.61 Å². The molecule has 1 aromatic heterocycles. The van der Waals surface area contributed by atoms with E-state index in [4.69, 9.17) is 5.21 Å². The highest BCUT2D eigenvalue weighted by molar-refractivity contribution is 5.92. The fourth-order valence-corrected chi connectivity index (χ4v) is 3.51. The summed E-state index contributed by atoms with van der Waals surface area (Å²) >= 11 is 0. The number of hydroxylamine groups is 1. The maximum Gasteiger partial charge on any atom is 0.267 e. The van der Waals surface area contributed by atoms with Crippen LogP contribution in [0.25, 0.3) is 17.0 Å². The topological polar surface area (TPSA) is 77.7 Å². The molecule has 0 saturated heterocycles. The molecule has 0 aliphatic heterocycles. The van der Waals surface area contributed by atoms with Gasteiger partial charge in [0.05, 0.1) is 6.61 Å². The first-order valence-corrected chi connectivity index (χ1v) is 9.68. The standard InChI is InChI=1S/C23H27N3O3/c1-25-16-20(17-26(13-14-27)12-11-18-5-3-2-4-6-18)21-15-19(7-9-22(21)25)8-10-23(28)24-29/h2-10,15-16,27,29H,11-14,17H2,1H3,(H,24,28)/b10-8+. The highest BCUT2D eigenvalue weighted by Gasteiger charge is 2.12. The molecule has 3 rings (SSSR count). The maximum absolute atomic E-state index is 11.2. The van der Waals surface area contributed by atoms with Crippen LogP contribution < -0.4 is 5.48 Å². The van der Waals surface area contributed by atoms with Crippen LogP contribution in [0, 0.1) is 0 Å². The number of aryl methyl sites for hydroxylation is 1. The number of nitrogens with zero attached hydrogens (tertiary/aromatic N) is 2. The van der Waals surface area contributed by atoms with Gasteiger partial charge < -0.3 is 9.67 Å². The Labute approximate surface area is 170 Å². The summed E-state index contributed by atoms with van der Waals surface area (Å²) in [5.74, 6) is -0.562. The van der Waals surface area contributed by atoms with Crippen LogP contribution in [0.5, 0.6) is 0 Å². The summed E-state index contributed by atoms with van der Waals surface area (Å²) < 4.78 is 2.09. The van der Waals surface area contributed by atoms with E-state index in [9.17, 15) is 9.90 Å². The number of aromatic nitrogens is 1. The predicted molar refractivity (Wildman–Crippen MR) is 114 cm³/mol. The molecule has 3 N–H and O–H groups in total. The lowest BCUT2D eigenvalue weighted by atomic mass is 10.1. The second-order valence-corrected chi connectivity index (χ2v) is 7.09. The van der Waals surface area contributed by atoms with Crippen molar-refractivity contribution >= 4 is 22.9 Å². The van der Waals surface area contributed by atoms with Gasteiger partial charge in [0, 0.05) is 49.9 Å². The van der Waals surface area contributed by atoms with Crippen molar-refractivity contribution in [1.82, 2.24) is 14.9 Å². The molecule has 6 nitrogen and oxygen atoms in total. The largest absolute Gasteiger partial charge is 0.395 e. The van der Waals surface area contributed by atoms with Gasteiger partial charge in [0.25, 0.3) is 5.91 Å². The molecule has 0 saturated carbocycles. The van der Waals surface area contributed by atoms with E-state index in [2.05, 4.69) is 27.8 Å². The highest BCUT2D eigenvalue weighted by atomic mass is 16.5. The first kappa shape index (κ1) is 20.8. The Morgan fingerprint density at radius 3 is 2.69 bits per heavy atom. The average Bonchev–Trinajstić information content (AvgIpc) is 3.06. The number of amides is 1. The maximum atomic E-state index is 11.2. The molecule has 1 heterocycles. The SMILES string of the molecule is Cn1cc(CN(CCO)CCc2ccccc2)c2cc(/C=C/C(=O)NO)ccc21. The van der Waals surface area contributed by atoms with Crippen molar-refractivity contribution in [3.05, 3.63) is 77.5 Å². The fourth-order valence-electron chi connectivity index (χ4n) is 3.51. The Hall–Kier alpha value is -2.93. The van der Waals surface area contributed by atoms with Crippen LogP contribution in [-0.4, -0.2) is 45.4 Å². The summed E-state index contributed by atoms with van der Waals surface area (Å²) in [6.07, 6.45) is 6.01. The molecule has 3 aromatic rings. The van der Waals surface area contributed by atoms with Gasteiger partial charge in [-0.1, -0.05) is 36.4 Å². The zero-order valence-electron chi connectivity index (χ0n) is 16.6. The summed E-state index contributed by atoms with van der Waals surface area (Å²) in [6, 6.07) is 16.3. The fraction of sp³-hybridized carbons (Fsp3) is 0.261. The number of aliphatic hydroxyl groups excluding tert-OH is 1. The Bertz CT molecular complexity index is 980. The molecule has 0 aliphatic rings. The minimum atomic E-state index is -0.562. The Morgan fingerprint density at radius 1 is 1.17 bits per heavy atom. The van der Waals surface area contributed by atoms with Gasteiger partial charge in [0.15, 0.2) is 0 Å². The Balaban J connectivity index is 1.80. The minimum absolute atomic E-state index is 0.115. The molecule has 2 aromatic carbocycles. The van der Waals surface area contributed by atoms with Crippen LogP contribution >= 0.6 is 0 Å². The highest BCUT2D eigenvalue weighted by Crippen LogP contribution is 2.24. The molecule has 1 amide bonds. The molecule has 0 bridgehead atoms. The van der Waals surface area contributed by atoms with Gasteiger partial charge >= 0.3 is 0 Å². The van der Waals surface area contributed by atoms with Crippen LogP contribution in [0.4, 0.5) is 0 Å². The number of rotatable bonds is 9. The number of fused-ring (bicyclic) bond motifs is 1. The molecule has 0 spiro atoms. The second kappa shape index (κ2) is 10.0. The number of aliphatic hydroxyl groups is 1. The number of hydrogen-bond acceptors (Lipinski definition) is 4. The molecule has 0 aliphatic carbocycles. The van der Waals surface area contributed by atoms with Crippen LogP contribution in [-0.2, 0) is 24.8 Å². The monoisotopic (exact) mass is 393 g/mol. The van der Waals surface area contributed by atoms with E-state index >= 15 is 0 Å². The van der Waals surface area contributed by atoms with Crippen molar-refractivity contribution in [2.75, 3.05) is 19.7 Å². The van der Waals surface area contributed by atoms with Crippen molar-refractivity contribution in [2.24, 2.45) is 7.05 Å². The third-order valence-electron chi connectivity index (χ3n) is 5.00. The lowest BCUT2D eigenvalue weighted by Crippen LogP contribution is -2.28. The van der Waals surface area contributed by atoms with E-state index in [0.717, 1.165) is 36.0 Å². The van der Waals surface area contributed by atoms with Gasteiger partial charge in [-0.15, -0.1) is 0 Å². The molecular formula is C23H27N3O3. The van der Waals surface area contributed by atoms with Crippen molar-refractivity contribution in [3.8, 4) is 0 Å². The van der Waals surface area contributed by atoms with Gasteiger partial charge in [-0.25, -0.2) is 5.48 Å². The van der Waals surface area contributed by atoms with Crippen LogP contribution in [0.1, 0.15) is 16.7 Å². The number of carbonyl (C=O) groups is 1. The number of hydrogen-bond donors (Lipinski definition) is 3.